The van der Waals surface area contributed by atoms with Crippen molar-refractivity contribution in [2.24, 2.45) is 5.73 Å². The first-order valence-corrected chi connectivity index (χ1v) is 9.35. The van der Waals surface area contributed by atoms with Crippen molar-refractivity contribution in [1.29, 1.82) is 0 Å². The van der Waals surface area contributed by atoms with E-state index < -0.39 is 10.0 Å². The van der Waals surface area contributed by atoms with Crippen LogP contribution in [0.15, 0.2) is 53.4 Å². The molecule has 1 heterocycles. The zero-order valence-electron chi connectivity index (χ0n) is 12.6. The molecule has 0 unspecified atom stereocenters. The second-order valence-corrected chi connectivity index (χ2v) is 8.24. The highest BCUT2D eigenvalue weighted by Crippen LogP contribution is 2.35. The molecule has 2 atom stereocenters. The molecule has 0 amide bonds. The van der Waals surface area contributed by atoms with E-state index in [2.05, 4.69) is 0 Å². The quantitative estimate of drug-likeness (QED) is 0.846. The molecule has 2 aromatic carbocycles. The maximum Gasteiger partial charge on any atom is 0.246 e. The standard InChI is InChI=1S/C16H16Cl2N2O2S.ClH/c17-13-7-4-8-14(18)16(13)23(21,22)20-9-12(15(19)10-20)11-5-2-1-3-6-11;/h1-8,12,15H,9-10,19H2;1H/t12-,15+;/m0./s1. The number of halogens is 3. The first-order valence-electron chi connectivity index (χ1n) is 7.16. The zero-order chi connectivity index (χ0) is 16.6. The lowest BCUT2D eigenvalue weighted by Crippen LogP contribution is -2.32. The molecule has 8 heteroatoms. The van der Waals surface area contributed by atoms with E-state index in [1.54, 1.807) is 6.07 Å². The second-order valence-electron chi connectivity index (χ2n) is 5.55. The van der Waals surface area contributed by atoms with Crippen molar-refractivity contribution in [2.75, 3.05) is 13.1 Å². The number of benzene rings is 2. The highest BCUT2D eigenvalue weighted by Gasteiger charge is 2.39. The fourth-order valence-corrected chi connectivity index (χ4v) is 5.49. The first kappa shape index (κ1) is 19.5. The Bertz CT molecular complexity index is 795. The van der Waals surface area contributed by atoms with Crippen molar-refractivity contribution in [1.82, 2.24) is 4.31 Å². The van der Waals surface area contributed by atoms with Crippen LogP contribution in [0.1, 0.15) is 11.5 Å². The van der Waals surface area contributed by atoms with Gasteiger partial charge in [0.2, 0.25) is 10.0 Å². The molecule has 2 aromatic rings. The van der Waals surface area contributed by atoms with Crippen LogP contribution in [0, 0.1) is 0 Å². The van der Waals surface area contributed by atoms with Gasteiger partial charge in [0.1, 0.15) is 4.90 Å². The number of nitrogens with two attached hydrogens (primary N) is 1. The SMILES string of the molecule is Cl.N[C@@H]1CN(S(=O)(=O)c2c(Cl)cccc2Cl)C[C@H]1c1ccccc1. The van der Waals surface area contributed by atoms with E-state index in [0.29, 0.717) is 6.54 Å². The topological polar surface area (TPSA) is 63.4 Å². The Kier molecular flexibility index (Phi) is 6.18. The number of hydrogen-bond acceptors (Lipinski definition) is 3. The van der Waals surface area contributed by atoms with Crippen LogP contribution in [-0.2, 0) is 10.0 Å². The van der Waals surface area contributed by atoms with Crippen molar-refractivity contribution >= 4 is 45.6 Å². The van der Waals surface area contributed by atoms with Crippen LogP contribution in [0.3, 0.4) is 0 Å². The second kappa shape index (κ2) is 7.60. The molecule has 0 aromatic heterocycles. The van der Waals surface area contributed by atoms with Crippen molar-refractivity contribution < 1.29 is 8.42 Å². The average molecular weight is 408 g/mol. The Morgan fingerprint density at radius 3 is 2.12 bits per heavy atom. The molecular weight excluding hydrogens is 391 g/mol. The number of hydrogen-bond donors (Lipinski definition) is 1. The molecule has 0 bridgehead atoms. The molecule has 1 aliphatic rings. The van der Waals surface area contributed by atoms with Gasteiger partial charge in [-0.2, -0.15) is 4.31 Å². The normalized spacial score (nSPS) is 21.5. The van der Waals surface area contributed by atoms with Gasteiger partial charge in [-0.3, -0.25) is 0 Å². The van der Waals surface area contributed by atoms with Crippen LogP contribution in [0.4, 0.5) is 0 Å². The lowest BCUT2D eigenvalue weighted by atomic mass is 9.95. The summed E-state index contributed by atoms with van der Waals surface area (Å²) < 4.78 is 27.2. The molecule has 3 rings (SSSR count). The summed E-state index contributed by atoms with van der Waals surface area (Å²) in [7, 11) is -3.78. The molecule has 24 heavy (non-hydrogen) atoms. The lowest BCUT2D eigenvalue weighted by molar-refractivity contribution is 0.470. The molecule has 0 radical (unpaired) electrons. The summed E-state index contributed by atoms with van der Waals surface area (Å²) in [6.07, 6.45) is 0. The van der Waals surface area contributed by atoms with Gasteiger partial charge in [0.05, 0.1) is 10.0 Å². The highest BCUT2D eigenvalue weighted by atomic mass is 35.5. The largest absolute Gasteiger partial charge is 0.326 e. The van der Waals surface area contributed by atoms with Crippen molar-refractivity contribution in [3.63, 3.8) is 0 Å². The first-order chi connectivity index (χ1) is 10.9. The van der Waals surface area contributed by atoms with Gasteiger partial charge in [0, 0.05) is 25.0 Å². The van der Waals surface area contributed by atoms with E-state index in [1.807, 2.05) is 30.3 Å². The number of nitrogens with zero attached hydrogens (tertiary/aromatic N) is 1. The predicted octanol–water partition coefficient (Wildman–Crippen LogP) is 3.53. The van der Waals surface area contributed by atoms with E-state index in [0.717, 1.165) is 5.56 Å². The van der Waals surface area contributed by atoms with E-state index in [-0.39, 0.29) is 45.9 Å². The lowest BCUT2D eigenvalue weighted by Gasteiger charge is -2.18. The number of rotatable bonds is 3. The van der Waals surface area contributed by atoms with E-state index in [1.165, 1.54) is 16.4 Å². The molecular formula is C16H17Cl3N2O2S. The molecule has 130 valence electrons. The van der Waals surface area contributed by atoms with Crippen LogP contribution < -0.4 is 5.73 Å². The predicted molar refractivity (Wildman–Crippen MR) is 99.6 cm³/mol. The van der Waals surface area contributed by atoms with E-state index in [9.17, 15) is 8.42 Å². The van der Waals surface area contributed by atoms with Crippen LogP contribution in [0.5, 0.6) is 0 Å². The van der Waals surface area contributed by atoms with Gasteiger partial charge in [-0.1, -0.05) is 59.6 Å². The summed E-state index contributed by atoms with van der Waals surface area (Å²) >= 11 is 12.1. The summed E-state index contributed by atoms with van der Waals surface area (Å²) in [5.41, 5.74) is 7.21. The summed E-state index contributed by atoms with van der Waals surface area (Å²) in [5.74, 6) is -0.0489. The summed E-state index contributed by atoms with van der Waals surface area (Å²) in [6, 6.07) is 14.1. The van der Waals surface area contributed by atoms with Crippen LogP contribution in [0.25, 0.3) is 0 Å². The molecule has 0 saturated carbocycles. The summed E-state index contributed by atoms with van der Waals surface area (Å²) in [4.78, 5) is -0.0516. The van der Waals surface area contributed by atoms with Crippen LogP contribution >= 0.6 is 35.6 Å². The van der Waals surface area contributed by atoms with Gasteiger partial charge in [-0.25, -0.2) is 8.42 Å². The Morgan fingerprint density at radius 2 is 1.54 bits per heavy atom. The Balaban J connectivity index is 0.00000208. The van der Waals surface area contributed by atoms with Crippen LogP contribution in [-0.4, -0.2) is 31.9 Å². The van der Waals surface area contributed by atoms with Gasteiger partial charge >= 0.3 is 0 Å². The third kappa shape index (κ3) is 3.57. The molecule has 0 aliphatic carbocycles. The van der Waals surface area contributed by atoms with E-state index >= 15 is 0 Å². The molecule has 4 nitrogen and oxygen atoms in total. The fraction of sp³-hybridized carbons (Fsp3) is 0.250. The van der Waals surface area contributed by atoms with E-state index in [4.69, 9.17) is 28.9 Å². The molecule has 1 fully saturated rings. The fourth-order valence-electron chi connectivity index (χ4n) is 2.90. The minimum Gasteiger partial charge on any atom is -0.326 e. The average Bonchev–Trinajstić information content (AvgIpc) is 2.90. The molecule has 1 aliphatic heterocycles. The summed E-state index contributed by atoms with van der Waals surface area (Å²) in [5, 5.41) is 0.239. The summed E-state index contributed by atoms with van der Waals surface area (Å²) in [6.45, 7) is 0.554. The smallest absolute Gasteiger partial charge is 0.246 e. The van der Waals surface area contributed by atoms with Crippen molar-refractivity contribution in [3.8, 4) is 0 Å². The highest BCUT2D eigenvalue weighted by molar-refractivity contribution is 7.89. The third-order valence-corrected chi connectivity index (χ3v) is 6.86. The van der Waals surface area contributed by atoms with Crippen LogP contribution in [0.2, 0.25) is 10.0 Å². The molecule has 1 saturated heterocycles. The maximum atomic E-state index is 12.9. The van der Waals surface area contributed by atoms with Crippen molar-refractivity contribution in [2.45, 2.75) is 16.9 Å². The minimum absolute atomic E-state index is 0. The Hall–Kier alpha value is -0.820. The molecule has 0 spiro atoms. The molecule has 2 N–H and O–H groups in total. The van der Waals surface area contributed by atoms with Gasteiger partial charge in [0.25, 0.3) is 0 Å². The Labute approximate surface area is 158 Å². The van der Waals surface area contributed by atoms with Gasteiger partial charge in [0.15, 0.2) is 0 Å². The van der Waals surface area contributed by atoms with Gasteiger partial charge < -0.3 is 5.73 Å². The maximum absolute atomic E-state index is 12.9. The van der Waals surface area contributed by atoms with Gasteiger partial charge in [-0.05, 0) is 17.7 Å². The third-order valence-electron chi connectivity index (χ3n) is 4.08. The zero-order valence-corrected chi connectivity index (χ0v) is 15.7. The number of sulfonamides is 1. The Morgan fingerprint density at radius 1 is 0.958 bits per heavy atom. The van der Waals surface area contributed by atoms with Gasteiger partial charge in [-0.15, -0.1) is 12.4 Å². The monoisotopic (exact) mass is 406 g/mol. The van der Waals surface area contributed by atoms with Crippen molar-refractivity contribution in [3.05, 3.63) is 64.1 Å². The minimum atomic E-state index is -3.78.